The summed E-state index contributed by atoms with van der Waals surface area (Å²) in [5.74, 6) is 0.401. The highest BCUT2D eigenvalue weighted by Gasteiger charge is 2.41. The Labute approximate surface area is 87.8 Å². The first kappa shape index (κ1) is 10.2. The summed E-state index contributed by atoms with van der Waals surface area (Å²) in [6, 6.07) is 0. The summed E-state index contributed by atoms with van der Waals surface area (Å²) < 4.78 is 0. The first-order valence-electron chi connectivity index (χ1n) is 5.16. The SMILES string of the molecule is CCCC1(O)CN(c2ncc[nH]c2=O)C1. The van der Waals surface area contributed by atoms with Gasteiger partial charge in [0.05, 0.1) is 18.7 Å². The molecule has 0 bridgehead atoms. The van der Waals surface area contributed by atoms with Crippen LogP contribution in [0.3, 0.4) is 0 Å². The maximum atomic E-state index is 11.4. The fourth-order valence-electron chi connectivity index (χ4n) is 2.01. The molecule has 2 rings (SSSR count). The average molecular weight is 209 g/mol. The number of H-pyrrole nitrogens is 1. The van der Waals surface area contributed by atoms with Gasteiger partial charge in [-0.15, -0.1) is 0 Å². The lowest BCUT2D eigenvalue weighted by Crippen LogP contribution is -2.63. The Morgan fingerprint density at radius 3 is 3.00 bits per heavy atom. The number of aromatic amines is 1. The van der Waals surface area contributed by atoms with Crippen LogP contribution in [0.4, 0.5) is 5.82 Å². The summed E-state index contributed by atoms with van der Waals surface area (Å²) >= 11 is 0. The van der Waals surface area contributed by atoms with Gasteiger partial charge in [-0.05, 0) is 6.42 Å². The van der Waals surface area contributed by atoms with Crippen molar-refractivity contribution in [2.45, 2.75) is 25.4 Å². The standard InChI is InChI=1S/C10H15N3O2/c1-2-3-10(15)6-13(7-10)8-9(14)12-5-4-11-8/h4-5,15H,2-3,6-7H2,1H3,(H,12,14). The largest absolute Gasteiger partial charge is 0.386 e. The fraction of sp³-hybridized carbons (Fsp3) is 0.600. The van der Waals surface area contributed by atoms with E-state index in [0.717, 1.165) is 12.8 Å². The number of rotatable bonds is 3. The lowest BCUT2D eigenvalue weighted by atomic mass is 9.89. The van der Waals surface area contributed by atoms with Crippen LogP contribution >= 0.6 is 0 Å². The highest BCUT2D eigenvalue weighted by atomic mass is 16.3. The highest BCUT2D eigenvalue weighted by molar-refractivity contribution is 5.41. The summed E-state index contributed by atoms with van der Waals surface area (Å²) in [6.45, 7) is 3.04. The molecule has 2 N–H and O–H groups in total. The van der Waals surface area contributed by atoms with Crippen molar-refractivity contribution in [3.8, 4) is 0 Å². The number of anilines is 1. The van der Waals surface area contributed by atoms with Crippen molar-refractivity contribution in [3.05, 3.63) is 22.7 Å². The van der Waals surface area contributed by atoms with Crippen LogP contribution in [-0.4, -0.2) is 33.8 Å². The molecule has 1 aliphatic heterocycles. The molecule has 1 saturated heterocycles. The summed E-state index contributed by atoms with van der Waals surface area (Å²) in [7, 11) is 0. The van der Waals surface area contributed by atoms with Gasteiger partial charge < -0.3 is 15.0 Å². The molecule has 15 heavy (non-hydrogen) atoms. The zero-order valence-corrected chi connectivity index (χ0v) is 8.73. The lowest BCUT2D eigenvalue weighted by Gasteiger charge is -2.46. The third kappa shape index (κ3) is 1.87. The molecule has 1 fully saturated rings. The fourth-order valence-corrected chi connectivity index (χ4v) is 2.01. The molecule has 0 aromatic carbocycles. The number of aromatic nitrogens is 2. The number of nitrogens with one attached hydrogen (secondary N) is 1. The van der Waals surface area contributed by atoms with Crippen LogP contribution in [0.1, 0.15) is 19.8 Å². The average Bonchev–Trinajstić information content (AvgIpc) is 2.15. The molecule has 1 aromatic heterocycles. The van der Waals surface area contributed by atoms with Gasteiger partial charge in [-0.1, -0.05) is 13.3 Å². The Morgan fingerprint density at radius 2 is 2.40 bits per heavy atom. The van der Waals surface area contributed by atoms with E-state index < -0.39 is 5.60 Å². The van der Waals surface area contributed by atoms with Crippen molar-refractivity contribution in [1.82, 2.24) is 9.97 Å². The minimum Gasteiger partial charge on any atom is -0.386 e. The molecule has 0 atom stereocenters. The van der Waals surface area contributed by atoms with Crippen LogP contribution in [0.25, 0.3) is 0 Å². The molecule has 1 aromatic rings. The Bertz CT molecular complexity index is 396. The van der Waals surface area contributed by atoms with Crippen molar-refractivity contribution in [2.24, 2.45) is 0 Å². The van der Waals surface area contributed by atoms with E-state index in [1.54, 1.807) is 11.1 Å². The highest BCUT2D eigenvalue weighted by Crippen LogP contribution is 2.27. The van der Waals surface area contributed by atoms with E-state index in [-0.39, 0.29) is 5.56 Å². The number of β-amino-alcohol motifs (C(OH)–C–C–N with tert-alkyl or cyclic N) is 1. The molecule has 0 spiro atoms. The van der Waals surface area contributed by atoms with Gasteiger partial charge in [0.25, 0.3) is 5.56 Å². The molecule has 0 amide bonds. The second-order valence-corrected chi connectivity index (χ2v) is 4.07. The summed E-state index contributed by atoms with van der Waals surface area (Å²) in [4.78, 5) is 19.7. The van der Waals surface area contributed by atoms with Crippen LogP contribution in [0.15, 0.2) is 17.2 Å². The van der Waals surface area contributed by atoms with Crippen molar-refractivity contribution >= 4 is 5.82 Å². The van der Waals surface area contributed by atoms with Crippen LogP contribution in [-0.2, 0) is 0 Å². The monoisotopic (exact) mass is 209 g/mol. The van der Waals surface area contributed by atoms with Gasteiger partial charge in [0, 0.05) is 12.4 Å². The van der Waals surface area contributed by atoms with Gasteiger partial charge in [0.1, 0.15) is 0 Å². The van der Waals surface area contributed by atoms with Crippen molar-refractivity contribution in [2.75, 3.05) is 18.0 Å². The Kier molecular flexibility index (Phi) is 2.48. The topological polar surface area (TPSA) is 69.2 Å². The van der Waals surface area contributed by atoms with Crippen LogP contribution in [0.2, 0.25) is 0 Å². The Balaban J connectivity index is 2.06. The third-order valence-electron chi connectivity index (χ3n) is 2.67. The lowest BCUT2D eigenvalue weighted by molar-refractivity contribution is 0.00279. The van der Waals surface area contributed by atoms with Crippen molar-refractivity contribution < 1.29 is 5.11 Å². The van der Waals surface area contributed by atoms with Crippen molar-refractivity contribution in [3.63, 3.8) is 0 Å². The zero-order chi connectivity index (χ0) is 10.9. The van der Waals surface area contributed by atoms with Gasteiger partial charge in [-0.25, -0.2) is 4.98 Å². The first-order valence-corrected chi connectivity index (χ1v) is 5.16. The van der Waals surface area contributed by atoms with Crippen molar-refractivity contribution in [1.29, 1.82) is 0 Å². The summed E-state index contributed by atoms with van der Waals surface area (Å²) in [5, 5.41) is 9.95. The number of hydrogen-bond donors (Lipinski definition) is 2. The second-order valence-electron chi connectivity index (χ2n) is 4.07. The quantitative estimate of drug-likeness (QED) is 0.742. The molecule has 0 aliphatic carbocycles. The van der Waals surface area contributed by atoms with Crippen LogP contribution < -0.4 is 10.5 Å². The van der Waals surface area contributed by atoms with Gasteiger partial charge >= 0.3 is 0 Å². The number of aliphatic hydroxyl groups is 1. The predicted molar refractivity (Wildman–Crippen MR) is 56.9 cm³/mol. The van der Waals surface area contributed by atoms with Gasteiger partial charge in [0.2, 0.25) is 0 Å². The first-order chi connectivity index (χ1) is 7.14. The summed E-state index contributed by atoms with van der Waals surface area (Å²) in [5.41, 5.74) is -0.824. The minimum atomic E-state index is -0.626. The molecule has 2 heterocycles. The molecule has 82 valence electrons. The Morgan fingerprint density at radius 1 is 1.67 bits per heavy atom. The zero-order valence-electron chi connectivity index (χ0n) is 8.73. The maximum absolute atomic E-state index is 11.4. The van der Waals surface area contributed by atoms with E-state index in [0.29, 0.717) is 18.9 Å². The normalized spacial score (nSPS) is 18.7. The molecule has 1 aliphatic rings. The number of hydrogen-bond acceptors (Lipinski definition) is 4. The van der Waals surface area contributed by atoms with E-state index in [1.165, 1.54) is 6.20 Å². The van der Waals surface area contributed by atoms with E-state index in [2.05, 4.69) is 9.97 Å². The smallest absolute Gasteiger partial charge is 0.290 e. The van der Waals surface area contributed by atoms with E-state index in [1.807, 2.05) is 6.92 Å². The molecule has 0 unspecified atom stereocenters. The molecule has 5 heteroatoms. The van der Waals surface area contributed by atoms with Gasteiger partial charge in [-0.3, -0.25) is 4.79 Å². The summed E-state index contributed by atoms with van der Waals surface area (Å²) in [6.07, 6.45) is 4.77. The minimum absolute atomic E-state index is 0.198. The van der Waals surface area contributed by atoms with Crippen LogP contribution in [0, 0.1) is 0 Å². The molecular weight excluding hydrogens is 194 g/mol. The van der Waals surface area contributed by atoms with E-state index >= 15 is 0 Å². The molecular formula is C10H15N3O2. The van der Waals surface area contributed by atoms with E-state index in [9.17, 15) is 9.90 Å². The predicted octanol–water partition coefficient (Wildman–Crippen LogP) is 0.121. The molecule has 0 saturated carbocycles. The number of nitrogens with zero attached hydrogens (tertiary/aromatic N) is 2. The van der Waals surface area contributed by atoms with Gasteiger partial charge in [-0.2, -0.15) is 0 Å². The molecule has 0 radical (unpaired) electrons. The van der Waals surface area contributed by atoms with Crippen LogP contribution in [0.5, 0.6) is 0 Å². The van der Waals surface area contributed by atoms with E-state index in [4.69, 9.17) is 0 Å². The second kappa shape index (κ2) is 3.66. The van der Waals surface area contributed by atoms with Gasteiger partial charge in [0.15, 0.2) is 5.82 Å². The molecule has 5 nitrogen and oxygen atoms in total. The Hall–Kier alpha value is -1.36. The third-order valence-corrected chi connectivity index (χ3v) is 2.67. The maximum Gasteiger partial charge on any atom is 0.290 e.